The first-order chi connectivity index (χ1) is 9.60. The van der Waals surface area contributed by atoms with Crippen LogP contribution < -0.4 is 10.2 Å². The fourth-order valence-electron chi connectivity index (χ4n) is 2.40. The molecule has 0 amide bonds. The molecule has 20 heavy (non-hydrogen) atoms. The number of rotatable bonds is 5. The number of hydrogen-bond acceptors (Lipinski definition) is 3. The van der Waals surface area contributed by atoms with Crippen LogP contribution in [0.1, 0.15) is 51.3 Å². The fourth-order valence-corrected chi connectivity index (χ4v) is 2.40. The molecule has 0 aromatic carbocycles. The molecule has 0 bridgehead atoms. The maximum absolute atomic E-state index is 4.86. The van der Waals surface area contributed by atoms with Gasteiger partial charge >= 0.3 is 0 Å². The minimum absolute atomic E-state index is 0.470. The molecule has 0 unspecified atom stereocenters. The van der Waals surface area contributed by atoms with E-state index in [-0.39, 0.29) is 0 Å². The number of anilines is 1. The van der Waals surface area contributed by atoms with Crippen molar-refractivity contribution < 1.29 is 0 Å². The summed E-state index contributed by atoms with van der Waals surface area (Å²) in [4.78, 5) is 7.24. The van der Waals surface area contributed by atoms with Crippen molar-refractivity contribution in [2.45, 2.75) is 46.6 Å². The molecule has 2 rings (SSSR count). The van der Waals surface area contributed by atoms with Crippen LogP contribution in [0.2, 0.25) is 0 Å². The molecular formula is C17H27N3. The fraction of sp³-hybridized carbons (Fsp3) is 0.588. The standard InChI is InChI=1S/C17H27N3/c1-5-18-12-15-10-16(13(2)3)19-17(11-15)20-8-6-14(4)7-9-20/h6,10-11,13,18H,5,7-9,12H2,1-4H3. The van der Waals surface area contributed by atoms with Gasteiger partial charge in [-0.05, 0) is 43.5 Å². The van der Waals surface area contributed by atoms with Gasteiger partial charge in [0, 0.05) is 25.3 Å². The Labute approximate surface area is 123 Å². The van der Waals surface area contributed by atoms with Gasteiger partial charge in [-0.15, -0.1) is 0 Å². The van der Waals surface area contributed by atoms with Crippen LogP contribution in [0.5, 0.6) is 0 Å². The lowest BCUT2D eigenvalue weighted by Gasteiger charge is -2.27. The molecule has 1 aromatic rings. The predicted molar refractivity (Wildman–Crippen MR) is 86.3 cm³/mol. The van der Waals surface area contributed by atoms with Gasteiger partial charge in [-0.1, -0.05) is 32.4 Å². The maximum atomic E-state index is 4.86. The van der Waals surface area contributed by atoms with Crippen LogP contribution in [0.25, 0.3) is 0 Å². The molecule has 1 aromatic heterocycles. The summed E-state index contributed by atoms with van der Waals surface area (Å²) < 4.78 is 0. The Balaban J connectivity index is 2.24. The second kappa shape index (κ2) is 6.89. The molecule has 0 saturated heterocycles. The third-order valence-corrected chi connectivity index (χ3v) is 3.82. The Morgan fingerprint density at radius 2 is 2.15 bits per heavy atom. The molecule has 0 fully saturated rings. The highest BCUT2D eigenvalue weighted by Crippen LogP contribution is 2.23. The Bertz CT molecular complexity index is 477. The first-order valence-corrected chi connectivity index (χ1v) is 7.72. The smallest absolute Gasteiger partial charge is 0.129 e. The van der Waals surface area contributed by atoms with Gasteiger partial charge in [-0.25, -0.2) is 4.98 Å². The highest BCUT2D eigenvalue weighted by molar-refractivity contribution is 5.45. The highest BCUT2D eigenvalue weighted by atomic mass is 15.2. The lowest BCUT2D eigenvalue weighted by atomic mass is 10.1. The van der Waals surface area contributed by atoms with E-state index in [1.807, 2.05) is 0 Å². The van der Waals surface area contributed by atoms with Crippen molar-refractivity contribution >= 4 is 5.82 Å². The van der Waals surface area contributed by atoms with E-state index in [1.165, 1.54) is 16.8 Å². The minimum Gasteiger partial charge on any atom is -0.353 e. The number of aromatic nitrogens is 1. The highest BCUT2D eigenvalue weighted by Gasteiger charge is 2.14. The molecule has 1 aliphatic heterocycles. The average Bonchev–Trinajstić information content (AvgIpc) is 2.45. The maximum Gasteiger partial charge on any atom is 0.129 e. The molecular weight excluding hydrogens is 246 g/mol. The summed E-state index contributed by atoms with van der Waals surface area (Å²) in [7, 11) is 0. The summed E-state index contributed by atoms with van der Waals surface area (Å²) in [5.41, 5.74) is 4.03. The zero-order chi connectivity index (χ0) is 14.5. The van der Waals surface area contributed by atoms with Crippen LogP contribution in [0.4, 0.5) is 5.82 Å². The van der Waals surface area contributed by atoms with Crippen molar-refractivity contribution in [1.82, 2.24) is 10.3 Å². The molecule has 3 nitrogen and oxygen atoms in total. The zero-order valence-electron chi connectivity index (χ0n) is 13.2. The van der Waals surface area contributed by atoms with E-state index >= 15 is 0 Å². The Kier molecular flexibility index (Phi) is 5.18. The van der Waals surface area contributed by atoms with Crippen LogP contribution in [0.15, 0.2) is 23.8 Å². The third-order valence-electron chi connectivity index (χ3n) is 3.82. The second-order valence-electron chi connectivity index (χ2n) is 5.94. The average molecular weight is 273 g/mol. The molecule has 0 radical (unpaired) electrons. The van der Waals surface area contributed by atoms with Crippen LogP contribution >= 0.6 is 0 Å². The second-order valence-corrected chi connectivity index (χ2v) is 5.94. The number of nitrogens with one attached hydrogen (secondary N) is 1. The van der Waals surface area contributed by atoms with Gasteiger partial charge in [0.1, 0.15) is 5.82 Å². The van der Waals surface area contributed by atoms with Crippen molar-refractivity contribution in [2.75, 3.05) is 24.5 Å². The topological polar surface area (TPSA) is 28.2 Å². The number of pyridine rings is 1. The van der Waals surface area contributed by atoms with Gasteiger partial charge in [0.2, 0.25) is 0 Å². The van der Waals surface area contributed by atoms with E-state index in [0.717, 1.165) is 38.4 Å². The van der Waals surface area contributed by atoms with Gasteiger partial charge in [-0.2, -0.15) is 0 Å². The lowest BCUT2D eigenvalue weighted by molar-refractivity contribution is 0.714. The lowest BCUT2D eigenvalue weighted by Crippen LogP contribution is -2.29. The normalized spacial score (nSPS) is 15.7. The van der Waals surface area contributed by atoms with E-state index in [1.54, 1.807) is 0 Å². The van der Waals surface area contributed by atoms with E-state index in [0.29, 0.717) is 5.92 Å². The minimum atomic E-state index is 0.470. The molecule has 0 spiro atoms. The summed E-state index contributed by atoms with van der Waals surface area (Å²) in [6, 6.07) is 4.48. The van der Waals surface area contributed by atoms with Gasteiger partial charge in [0.15, 0.2) is 0 Å². The molecule has 0 aliphatic carbocycles. The van der Waals surface area contributed by atoms with E-state index in [9.17, 15) is 0 Å². The largest absolute Gasteiger partial charge is 0.353 e. The van der Waals surface area contributed by atoms with Crippen molar-refractivity contribution in [2.24, 2.45) is 0 Å². The molecule has 1 N–H and O–H groups in total. The number of hydrogen-bond donors (Lipinski definition) is 1. The molecule has 0 saturated carbocycles. The van der Waals surface area contributed by atoms with Crippen LogP contribution in [0, 0.1) is 0 Å². The predicted octanol–water partition coefficient (Wildman–Crippen LogP) is 3.47. The van der Waals surface area contributed by atoms with Crippen molar-refractivity contribution in [3.05, 3.63) is 35.0 Å². The number of nitrogens with zero attached hydrogens (tertiary/aromatic N) is 2. The van der Waals surface area contributed by atoms with Crippen LogP contribution in [-0.4, -0.2) is 24.6 Å². The van der Waals surface area contributed by atoms with Crippen molar-refractivity contribution in [3.8, 4) is 0 Å². The summed E-state index contributed by atoms with van der Waals surface area (Å²) in [5.74, 6) is 1.60. The summed E-state index contributed by atoms with van der Waals surface area (Å²) in [5, 5.41) is 3.41. The first-order valence-electron chi connectivity index (χ1n) is 7.72. The molecule has 2 heterocycles. The zero-order valence-corrected chi connectivity index (χ0v) is 13.2. The molecule has 0 atom stereocenters. The summed E-state index contributed by atoms with van der Waals surface area (Å²) in [6.45, 7) is 12.8. The quantitative estimate of drug-likeness (QED) is 0.833. The van der Waals surface area contributed by atoms with Gasteiger partial charge in [-0.3, -0.25) is 0 Å². The molecule has 110 valence electrons. The Hall–Kier alpha value is -1.35. The monoisotopic (exact) mass is 273 g/mol. The van der Waals surface area contributed by atoms with E-state index in [4.69, 9.17) is 4.98 Å². The van der Waals surface area contributed by atoms with Gasteiger partial charge in [0.05, 0.1) is 0 Å². The molecule has 3 heteroatoms. The van der Waals surface area contributed by atoms with Gasteiger partial charge in [0.25, 0.3) is 0 Å². The molecule has 1 aliphatic rings. The van der Waals surface area contributed by atoms with E-state index in [2.05, 4.69) is 56.1 Å². The Morgan fingerprint density at radius 1 is 1.35 bits per heavy atom. The van der Waals surface area contributed by atoms with Crippen LogP contribution in [-0.2, 0) is 6.54 Å². The van der Waals surface area contributed by atoms with E-state index < -0.39 is 0 Å². The third kappa shape index (κ3) is 3.83. The Morgan fingerprint density at radius 3 is 2.75 bits per heavy atom. The SMILES string of the molecule is CCNCc1cc(C(C)C)nc(N2CC=C(C)CC2)c1. The van der Waals surface area contributed by atoms with Crippen molar-refractivity contribution in [1.29, 1.82) is 0 Å². The summed E-state index contributed by atoms with van der Waals surface area (Å²) in [6.07, 6.45) is 3.47. The summed E-state index contributed by atoms with van der Waals surface area (Å²) >= 11 is 0. The van der Waals surface area contributed by atoms with Gasteiger partial charge < -0.3 is 10.2 Å². The first kappa shape index (κ1) is 15.0. The van der Waals surface area contributed by atoms with Crippen molar-refractivity contribution in [3.63, 3.8) is 0 Å². The van der Waals surface area contributed by atoms with Crippen LogP contribution in [0.3, 0.4) is 0 Å².